The van der Waals surface area contributed by atoms with E-state index in [-0.39, 0.29) is 5.60 Å². The molecule has 0 spiro atoms. The lowest BCUT2D eigenvalue weighted by Crippen LogP contribution is -2.22. The number of nitrogens with zero attached hydrogens (tertiary/aromatic N) is 2. The first-order valence-electron chi connectivity index (χ1n) is 4.24. The summed E-state index contributed by atoms with van der Waals surface area (Å²) in [6.07, 6.45) is 0.878. The van der Waals surface area contributed by atoms with E-state index in [4.69, 9.17) is 10.5 Å². The molecular weight excluding hydrogens is 186 g/mol. The zero-order valence-electron chi connectivity index (χ0n) is 8.20. The van der Waals surface area contributed by atoms with Crippen molar-refractivity contribution in [3.63, 3.8) is 0 Å². The largest absolute Gasteiger partial charge is 0.371 e. The Kier molecular flexibility index (Phi) is 3.35. The van der Waals surface area contributed by atoms with Crippen LogP contribution in [0.1, 0.15) is 30.3 Å². The molecule has 1 unspecified atom stereocenters. The van der Waals surface area contributed by atoms with Crippen LogP contribution in [0.15, 0.2) is 0 Å². The molecule has 0 amide bonds. The topological polar surface area (TPSA) is 61.0 Å². The molecule has 1 aromatic rings. The molecule has 0 aliphatic carbocycles. The van der Waals surface area contributed by atoms with Crippen LogP contribution >= 0.6 is 11.3 Å². The summed E-state index contributed by atoms with van der Waals surface area (Å²) in [5.41, 5.74) is 5.14. The Hall–Kier alpha value is -0.520. The van der Waals surface area contributed by atoms with E-state index in [1.54, 1.807) is 7.11 Å². The highest BCUT2D eigenvalue weighted by atomic mass is 32.1. The molecule has 0 saturated heterocycles. The van der Waals surface area contributed by atoms with Crippen LogP contribution in [0.2, 0.25) is 0 Å². The van der Waals surface area contributed by atoms with E-state index < -0.39 is 0 Å². The lowest BCUT2D eigenvalue weighted by molar-refractivity contribution is -0.00207. The van der Waals surface area contributed by atoms with E-state index in [0.29, 0.717) is 6.54 Å². The number of ether oxygens (including phenoxy) is 1. The van der Waals surface area contributed by atoms with Gasteiger partial charge < -0.3 is 10.5 Å². The van der Waals surface area contributed by atoms with Crippen LogP contribution in [0.25, 0.3) is 0 Å². The summed E-state index contributed by atoms with van der Waals surface area (Å²) in [5, 5.41) is 9.78. The van der Waals surface area contributed by atoms with Gasteiger partial charge in [-0.05, 0) is 13.3 Å². The van der Waals surface area contributed by atoms with Crippen molar-refractivity contribution in [3.05, 3.63) is 10.0 Å². The van der Waals surface area contributed by atoms with Crippen molar-refractivity contribution in [1.82, 2.24) is 10.2 Å². The van der Waals surface area contributed by atoms with Crippen molar-refractivity contribution < 1.29 is 4.74 Å². The van der Waals surface area contributed by atoms with Crippen LogP contribution in [0.4, 0.5) is 0 Å². The lowest BCUT2D eigenvalue weighted by Gasteiger charge is -2.22. The molecule has 1 aromatic heterocycles. The second-order valence-corrected chi connectivity index (χ2v) is 4.06. The fraction of sp³-hybridized carbons (Fsp3) is 0.750. The molecule has 0 aliphatic rings. The van der Waals surface area contributed by atoms with Crippen molar-refractivity contribution in [1.29, 1.82) is 0 Å². The molecule has 0 aromatic carbocycles. The zero-order valence-corrected chi connectivity index (χ0v) is 9.02. The van der Waals surface area contributed by atoms with Crippen LogP contribution in [0.3, 0.4) is 0 Å². The highest BCUT2D eigenvalue weighted by Gasteiger charge is 2.28. The van der Waals surface area contributed by atoms with Gasteiger partial charge in [0.2, 0.25) is 0 Å². The van der Waals surface area contributed by atoms with Gasteiger partial charge >= 0.3 is 0 Å². The predicted octanol–water partition coefficient (Wildman–Crippen LogP) is 1.27. The normalized spacial score (nSPS) is 15.7. The molecule has 0 radical (unpaired) electrons. The molecule has 2 N–H and O–H groups in total. The van der Waals surface area contributed by atoms with E-state index in [9.17, 15) is 0 Å². The molecule has 74 valence electrons. The van der Waals surface area contributed by atoms with E-state index in [0.717, 1.165) is 16.4 Å². The van der Waals surface area contributed by atoms with Crippen LogP contribution in [0.5, 0.6) is 0 Å². The van der Waals surface area contributed by atoms with Crippen LogP contribution in [0, 0.1) is 0 Å². The molecule has 0 aliphatic heterocycles. The van der Waals surface area contributed by atoms with Gasteiger partial charge in [0.25, 0.3) is 0 Å². The summed E-state index contributed by atoms with van der Waals surface area (Å²) in [4.78, 5) is 0. The van der Waals surface area contributed by atoms with E-state index in [1.165, 1.54) is 11.3 Å². The number of methoxy groups -OCH3 is 1. The van der Waals surface area contributed by atoms with E-state index in [2.05, 4.69) is 17.1 Å². The first-order valence-corrected chi connectivity index (χ1v) is 5.06. The molecule has 1 heterocycles. The SMILES string of the molecule is CCC(C)(OC)c1nnc(CN)s1. The predicted molar refractivity (Wildman–Crippen MR) is 52.5 cm³/mol. The Balaban J connectivity index is 2.91. The summed E-state index contributed by atoms with van der Waals surface area (Å²) in [7, 11) is 1.69. The third-order valence-electron chi connectivity index (χ3n) is 2.22. The third kappa shape index (κ3) is 2.04. The van der Waals surface area contributed by atoms with E-state index >= 15 is 0 Å². The fourth-order valence-electron chi connectivity index (χ4n) is 0.933. The Bertz CT molecular complexity index is 270. The highest BCUT2D eigenvalue weighted by Crippen LogP contribution is 2.30. The monoisotopic (exact) mass is 201 g/mol. The number of nitrogens with two attached hydrogens (primary N) is 1. The molecule has 5 heteroatoms. The Morgan fingerprint density at radius 2 is 2.23 bits per heavy atom. The molecule has 0 fully saturated rings. The molecule has 0 saturated carbocycles. The third-order valence-corrected chi connectivity index (χ3v) is 3.41. The van der Waals surface area contributed by atoms with Gasteiger partial charge in [-0.25, -0.2) is 0 Å². The number of aromatic nitrogens is 2. The van der Waals surface area contributed by atoms with Gasteiger partial charge in [0.1, 0.15) is 15.6 Å². The Morgan fingerprint density at radius 3 is 2.62 bits per heavy atom. The maximum atomic E-state index is 5.46. The summed E-state index contributed by atoms with van der Waals surface area (Å²) in [6, 6.07) is 0. The molecule has 13 heavy (non-hydrogen) atoms. The van der Waals surface area contributed by atoms with Gasteiger partial charge in [0.05, 0.1) is 0 Å². The number of hydrogen-bond donors (Lipinski definition) is 1. The second-order valence-electron chi connectivity index (χ2n) is 2.99. The number of rotatable bonds is 4. The minimum absolute atomic E-state index is 0.314. The van der Waals surface area contributed by atoms with Gasteiger partial charge in [0, 0.05) is 13.7 Å². The standard InChI is InChI=1S/C8H15N3OS/c1-4-8(2,12-3)7-11-10-6(5-9)13-7/h4-5,9H2,1-3H3. The minimum Gasteiger partial charge on any atom is -0.371 e. The second kappa shape index (κ2) is 4.13. The van der Waals surface area contributed by atoms with Crippen molar-refractivity contribution in [2.75, 3.05) is 7.11 Å². The van der Waals surface area contributed by atoms with Gasteiger partial charge in [-0.3, -0.25) is 0 Å². The first-order chi connectivity index (χ1) is 6.16. The number of hydrogen-bond acceptors (Lipinski definition) is 5. The molecule has 0 bridgehead atoms. The van der Waals surface area contributed by atoms with Gasteiger partial charge in [-0.2, -0.15) is 0 Å². The summed E-state index contributed by atoms with van der Waals surface area (Å²) >= 11 is 1.52. The van der Waals surface area contributed by atoms with Crippen molar-refractivity contribution in [3.8, 4) is 0 Å². The van der Waals surface area contributed by atoms with Crippen molar-refractivity contribution >= 4 is 11.3 Å². The van der Waals surface area contributed by atoms with Gasteiger partial charge in [-0.1, -0.05) is 18.3 Å². The highest BCUT2D eigenvalue weighted by molar-refractivity contribution is 7.11. The molecule has 1 rings (SSSR count). The Labute approximate surface area is 82.1 Å². The summed E-state index contributed by atoms with van der Waals surface area (Å²) < 4.78 is 5.40. The van der Waals surface area contributed by atoms with Gasteiger partial charge in [-0.15, -0.1) is 10.2 Å². The van der Waals surface area contributed by atoms with E-state index in [1.807, 2.05) is 6.92 Å². The average Bonchev–Trinajstić information content (AvgIpc) is 2.65. The van der Waals surface area contributed by atoms with Crippen LogP contribution < -0.4 is 5.73 Å². The zero-order chi connectivity index (χ0) is 9.90. The molecular formula is C8H15N3OS. The lowest BCUT2D eigenvalue weighted by atomic mass is 10.1. The van der Waals surface area contributed by atoms with Gasteiger partial charge in [0.15, 0.2) is 0 Å². The van der Waals surface area contributed by atoms with Crippen LogP contribution in [-0.2, 0) is 16.9 Å². The summed E-state index contributed by atoms with van der Waals surface area (Å²) in [5.74, 6) is 0. The maximum absolute atomic E-state index is 5.46. The molecule has 1 atom stereocenters. The average molecular weight is 201 g/mol. The first kappa shape index (κ1) is 10.6. The Morgan fingerprint density at radius 1 is 1.54 bits per heavy atom. The smallest absolute Gasteiger partial charge is 0.149 e. The quantitative estimate of drug-likeness (QED) is 0.797. The fourth-order valence-corrected chi connectivity index (χ4v) is 1.85. The van der Waals surface area contributed by atoms with Crippen molar-refractivity contribution in [2.45, 2.75) is 32.4 Å². The maximum Gasteiger partial charge on any atom is 0.149 e. The molecule has 4 nitrogen and oxygen atoms in total. The van der Waals surface area contributed by atoms with Crippen LogP contribution in [-0.4, -0.2) is 17.3 Å². The minimum atomic E-state index is -0.314. The summed E-state index contributed by atoms with van der Waals surface area (Å²) in [6.45, 7) is 4.52. The van der Waals surface area contributed by atoms with Crippen molar-refractivity contribution in [2.24, 2.45) is 5.73 Å².